The fourth-order valence-corrected chi connectivity index (χ4v) is 1.83. The second-order valence-corrected chi connectivity index (χ2v) is 3.37. The smallest absolute Gasteiger partial charge is 0.0932 e. The van der Waals surface area contributed by atoms with Crippen molar-refractivity contribution in [2.45, 2.75) is 31.5 Å². The molecule has 4 nitrogen and oxygen atoms in total. The van der Waals surface area contributed by atoms with Crippen LogP contribution in [-0.4, -0.2) is 28.5 Å². The molecule has 1 aliphatic rings. The quantitative estimate of drug-likeness (QED) is 0.741. The Kier molecular flexibility index (Phi) is 2.33. The third-order valence-electron chi connectivity index (χ3n) is 2.54. The Labute approximate surface area is 77.7 Å². The lowest BCUT2D eigenvalue weighted by Gasteiger charge is -2.41. The van der Waals surface area contributed by atoms with Gasteiger partial charge >= 0.3 is 0 Å². The van der Waals surface area contributed by atoms with Crippen molar-refractivity contribution in [2.24, 2.45) is 5.73 Å². The highest BCUT2D eigenvalue weighted by Gasteiger charge is 2.40. The minimum atomic E-state index is 0.191. The second-order valence-electron chi connectivity index (χ2n) is 3.37. The molecule has 13 heavy (non-hydrogen) atoms. The molecule has 0 radical (unpaired) electrons. The van der Waals surface area contributed by atoms with Gasteiger partial charge in [0.2, 0.25) is 0 Å². The maximum Gasteiger partial charge on any atom is 0.0932 e. The van der Waals surface area contributed by atoms with Gasteiger partial charge in [0.1, 0.15) is 0 Å². The van der Waals surface area contributed by atoms with Gasteiger partial charge in [0, 0.05) is 25.0 Å². The van der Waals surface area contributed by atoms with Crippen LogP contribution in [0, 0.1) is 0 Å². The fourth-order valence-electron chi connectivity index (χ4n) is 1.83. The van der Waals surface area contributed by atoms with Gasteiger partial charge in [0.05, 0.1) is 12.1 Å². The molecule has 0 aromatic carbocycles. The van der Waals surface area contributed by atoms with Gasteiger partial charge < -0.3 is 10.5 Å². The molecule has 1 fully saturated rings. The fraction of sp³-hybridized carbons (Fsp3) is 0.667. The third kappa shape index (κ3) is 1.47. The summed E-state index contributed by atoms with van der Waals surface area (Å²) in [5, 5.41) is 4.18. The van der Waals surface area contributed by atoms with Crippen molar-refractivity contribution in [1.82, 2.24) is 9.78 Å². The number of hydrogen-bond acceptors (Lipinski definition) is 3. The number of hydrogen-bond donors (Lipinski definition) is 1. The molecule has 1 aliphatic carbocycles. The van der Waals surface area contributed by atoms with Gasteiger partial charge in [-0.25, -0.2) is 0 Å². The van der Waals surface area contributed by atoms with Crippen molar-refractivity contribution in [3.8, 4) is 0 Å². The van der Waals surface area contributed by atoms with Crippen LogP contribution >= 0.6 is 0 Å². The van der Waals surface area contributed by atoms with Crippen LogP contribution < -0.4 is 5.73 Å². The van der Waals surface area contributed by atoms with E-state index in [1.54, 1.807) is 6.20 Å². The molecule has 2 N–H and O–H groups in total. The molecule has 0 saturated heterocycles. The van der Waals surface area contributed by atoms with E-state index >= 15 is 0 Å². The highest BCUT2D eigenvalue weighted by atomic mass is 16.5. The summed E-state index contributed by atoms with van der Waals surface area (Å²) < 4.78 is 7.44. The molecular weight excluding hydrogens is 166 g/mol. The van der Waals surface area contributed by atoms with Crippen LogP contribution in [0.1, 0.15) is 19.4 Å². The van der Waals surface area contributed by atoms with Crippen LogP contribution in [0.5, 0.6) is 0 Å². The van der Waals surface area contributed by atoms with Gasteiger partial charge in [-0.3, -0.25) is 4.68 Å². The van der Waals surface area contributed by atoms with Crippen molar-refractivity contribution in [3.63, 3.8) is 0 Å². The first-order chi connectivity index (χ1) is 6.33. The zero-order valence-corrected chi connectivity index (χ0v) is 7.76. The molecule has 0 bridgehead atoms. The summed E-state index contributed by atoms with van der Waals surface area (Å²) in [6.45, 7) is 2.75. The van der Waals surface area contributed by atoms with Crippen LogP contribution in [0.15, 0.2) is 18.5 Å². The largest absolute Gasteiger partial charge is 0.376 e. The van der Waals surface area contributed by atoms with Crippen molar-refractivity contribution in [3.05, 3.63) is 18.5 Å². The SMILES string of the molecule is CCOC1CC(N)C1n1cccn1. The number of nitrogens with zero attached hydrogens (tertiary/aromatic N) is 2. The van der Waals surface area contributed by atoms with Gasteiger partial charge in [-0.05, 0) is 19.4 Å². The van der Waals surface area contributed by atoms with Gasteiger partial charge in [0.25, 0.3) is 0 Å². The van der Waals surface area contributed by atoms with Gasteiger partial charge in [-0.15, -0.1) is 0 Å². The van der Waals surface area contributed by atoms with Crippen molar-refractivity contribution < 1.29 is 4.74 Å². The molecule has 0 spiro atoms. The predicted molar refractivity (Wildman–Crippen MR) is 49.3 cm³/mol. The normalized spacial score (nSPS) is 32.9. The lowest BCUT2D eigenvalue weighted by molar-refractivity contribution is -0.0511. The summed E-state index contributed by atoms with van der Waals surface area (Å²) in [7, 11) is 0. The van der Waals surface area contributed by atoms with Gasteiger partial charge in [-0.2, -0.15) is 5.10 Å². The van der Waals surface area contributed by atoms with E-state index in [0.29, 0.717) is 0 Å². The monoisotopic (exact) mass is 181 g/mol. The lowest BCUT2D eigenvalue weighted by Crippen LogP contribution is -2.53. The van der Waals surface area contributed by atoms with E-state index in [1.807, 2.05) is 23.9 Å². The Morgan fingerprint density at radius 2 is 2.54 bits per heavy atom. The highest BCUT2D eigenvalue weighted by Crippen LogP contribution is 2.33. The zero-order valence-electron chi connectivity index (χ0n) is 7.76. The second kappa shape index (κ2) is 3.47. The molecule has 2 rings (SSSR count). The van der Waals surface area contributed by atoms with Crippen LogP contribution in [0.4, 0.5) is 0 Å². The molecule has 0 amide bonds. The number of nitrogens with two attached hydrogens (primary N) is 1. The Bertz CT molecular complexity index is 258. The molecule has 3 atom stereocenters. The highest BCUT2D eigenvalue weighted by molar-refractivity contribution is 4.99. The van der Waals surface area contributed by atoms with E-state index in [9.17, 15) is 0 Å². The molecule has 0 aliphatic heterocycles. The van der Waals surface area contributed by atoms with E-state index in [1.165, 1.54) is 0 Å². The summed E-state index contributed by atoms with van der Waals surface area (Å²) in [6.07, 6.45) is 4.90. The van der Waals surface area contributed by atoms with Crippen LogP contribution in [0.3, 0.4) is 0 Å². The van der Waals surface area contributed by atoms with Crippen LogP contribution in [0.25, 0.3) is 0 Å². The Hall–Kier alpha value is -0.870. The van der Waals surface area contributed by atoms with Gasteiger partial charge in [-0.1, -0.05) is 0 Å². The van der Waals surface area contributed by atoms with Crippen LogP contribution in [-0.2, 0) is 4.74 Å². The Morgan fingerprint density at radius 3 is 3.08 bits per heavy atom. The Balaban J connectivity index is 2.04. The molecular formula is C9H15N3O. The van der Waals surface area contributed by atoms with E-state index in [-0.39, 0.29) is 18.2 Å². The summed E-state index contributed by atoms with van der Waals surface area (Å²) in [5.41, 5.74) is 5.89. The summed E-state index contributed by atoms with van der Waals surface area (Å²) >= 11 is 0. The first-order valence-electron chi connectivity index (χ1n) is 4.69. The molecule has 4 heteroatoms. The van der Waals surface area contributed by atoms with E-state index in [2.05, 4.69) is 5.10 Å². The summed E-state index contributed by atoms with van der Waals surface area (Å²) in [6, 6.07) is 2.33. The molecule has 1 aromatic rings. The third-order valence-corrected chi connectivity index (χ3v) is 2.54. The van der Waals surface area contributed by atoms with Crippen molar-refractivity contribution >= 4 is 0 Å². The molecule has 1 aromatic heterocycles. The van der Waals surface area contributed by atoms with E-state index in [4.69, 9.17) is 10.5 Å². The molecule has 1 saturated carbocycles. The first-order valence-corrected chi connectivity index (χ1v) is 4.69. The number of aromatic nitrogens is 2. The molecule has 72 valence electrons. The lowest BCUT2D eigenvalue weighted by atomic mass is 9.83. The van der Waals surface area contributed by atoms with Crippen molar-refractivity contribution in [2.75, 3.05) is 6.61 Å². The van der Waals surface area contributed by atoms with Crippen LogP contribution in [0.2, 0.25) is 0 Å². The minimum absolute atomic E-state index is 0.191. The van der Waals surface area contributed by atoms with Gasteiger partial charge in [0.15, 0.2) is 0 Å². The predicted octanol–water partition coefficient (Wildman–Crippen LogP) is 0.560. The van der Waals surface area contributed by atoms with E-state index < -0.39 is 0 Å². The summed E-state index contributed by atoms with van der Waals surface area (Å²) in [5.74, 6) is 0. The number of ether oxygens (including phenoxy) is 1. The maximum atomic E-state index is 5.89. The average Bonchev–Trinajstić information content (AvgIpc) is 2.56. The van der Waals surface area contributed by atoms with Crippen molar-refractivity contribution in [1.29, 1.82) is 0 Å². The topological polar surface area (TPSA) is 53.1 Å². The molecule has 3 unspecified atom stereocenters. The van der Waals surface area contributed by atoms with E-state index in [0.717, 1.165) is 13.0 Å². The average molecular weight is 181 g/mol. The zero-order chi connectivity index (χ0) is 9.26. The number of rotatable bonds is 3. The Morgan fingerprint density at radius 1 is 1.69 bits per heavy atom. The summed E-state index contributed by atoms with van der Waals surface area (Å²) in [4.78, 5) is 0. The standard InChI is InChI=1S/C9H15N3O/c1-2-13-8-6-7(10)9(8)12-5-3-4-11-12/h3-5,7-9H,2,6,10H2,1H3. The maximum absolute atomic E-state index is 5.89. The molecule has 1 heterocycles. The minimum Gasteiger partial charge on any atom is -0.376 e. The first kappa shape index (κ1) is 8.72.